The molecule has 0 aliphatic rings. The molecule has 0 aromatic rings. The van der Waals surface area contributed by atoms with Crippen LogP contribution in [0.3, 0.4) is 0 Å². The fourth-order valence-corrected chi connectivity index (χ4v) is 3.73. The van der Waals surface area contributed by atoms with E-state index in [1.807, 2.05) is 0 Å². The van der Waals surface area contributed by atoms with E-state index in [1.165, 1.54) is 44.9 Å². The first-order chi connectivity index (χ1) is 13.4. The number of carbonyl (C=O) groups is 1. The lowest BCUT2D eigenvalue weighted by atomic mass is 10.0. The second-order valence-corrected chi connectivity index (χ2v) is 8.59. The molecule has 0 fully saturated rings. The molecule has 0 heterocycles. The number of nitrogens with two attached hydrogens (primary N) is 1. The number of hydrogen-bond acceptors (Lipinski definition) is 7. The van der Waals surface area contributed by atoms with Gasteiger partial charge in [-0.2, -0.15) is 0 Å². The van der Waals surface area contributed by atoms with Crippen LogP contribution >= 0.6 is 7.82 Å². The number of rotatable bonds is 20. The van der Waals surface area contributed by atoms with Gasteiger partial charge in [0.2, 0.25) is 0 Å². The lowest BCUT2D eigenvalue weighted by Crippen LogP contribution is -2.32. The van der Waals surface area contributed by atoms with Crippen molar-refractivity contribution in [2.24, 2.45) is 5.73 Å². The summed E-state index contributed by atoms with van der Waals surface area (Å²) in [6.45, 7) is 0.799. The van der Waals surface area contributed by atoms with E-state index in [9.17, 15) is 14.3 Å². The lowest BCUT2D eigenvalue weighted by molar-refractivity contribution is -0.126. The highest BCUT2D eigenvalue weighted by atomic mass is 31.2. The molecule has 0 saturated heterocycles. The van der Waals surface area contributed by atoms with Crippen LogP contribution in [0.25, 0.3) is 0 Å². The molecule has 168 valence electrons. The van der Waals surface area contributed by atoms with Gasteiger partial charge in [0.05, 0.1) is 13.2 Å². The fraction of sp³-hybridized carbons (Fsp3) is 0.947. The maximum absolute atomic E-state index is 12.1. The Morgan fingerprint density at radius 1 is 1.00 bits per heavy atom. The molecule has 28 heavy (non-hydrogen) atoms. The van der Waals surface area contributed by atoms with Crippen molar-refractivity contribution in [1.29, 1.82) is 0 Å². The van der Waals surface area contributed by atoms with E-state index in [1.54, 1.807) is 0 Å². The summed E-state index contributed by atoms with van der Waals surface area (Å²) in [4.78, 5) is 21.7. The Kier molecular flexibility index (Phi) is 17.3. The van der Waals surface area contributed by atoms with Crippen molar-refractivity contribution in [2.45, 2.75) is 96.2 Å². The topological polar surface area (TPSA) is 139 Å². The van der Waals surface area contributed by atoms with E-state index in [0.717, 1.165) is 19.3 Å². The summed E-state index contributed by atoms with van der Waals surface area (Å²) in [6.07, 6.45) is 10.6. The zero-order chi connectivity index (χ0) is 21.3. The van der Waals surface area contributed by atoms with Gasteiger partial charge >= 0.3 is 7.82 Å². The third kappa shape index (κ3) is 15.6. The maximum Gasteiger partial charge on any atom is 0.473 e. The lowest BCUT2D eigenvalue weighted by Gasteiger charge is -2.19. The normalized spacial score (nSPS) is 15.9. The molecule has 8 nitrogen and oxygen atoms in total. The van der Waals surface area contributed by atoms with Crippen molar-refractivity contribution in [3.63, 3.8) is 0 Å². The van der Waals surface area contributed by atoms with Crippen molar-refractivity contribution in [3.05, 3.63) is 0 Å². The molecule has 0 bridgehead atoms. The van der Waals surface area contributed by atoms with Crippen LogP contribution < -0.4 is 5.73 Å². The number of Topliss-reactive ketones (excluding diaryl/α,β-unsaturated/α-hetero) is 1. The van der Waals surface area contributed by atoms with Crippen LogP contribution in [0.5, 0.6) is 0 Å². The van der Waals surface area contributed by atoms with Crippen LogP contribution in [0.2, 0.25) is 0 Å². The van der Waals surface area contributed by atoms with E-state index < -0.39 is 33.2 Å². The van der Waals surface area contributed by atoms with Crippen LogP contribution in [-0.2, 0) is 18.4 Å². The van der Waals surface area contributed by atoms with Crippen molar-refractivity contribution in [2.75, 3.05) is 19.8 Å². The van der Waals surface area contributed by atoms with E-state index in [4.69, 9.17) is 20.5 Å². The Labute approximate surface area is 169 Å². The Balaban J connectivity index is 3.86. The van der Waals surface area contributed by atoms with Gasteiger partial charge in [0.25, 0.3) is 0 Å². The number of phosphoric acid groups is 1. The smallest absolute Gasteiger partial charge is 0.394 e. The van der Waals surface area contributed by atoms with E-state index in [-0.39, 0.29) is 18.7 Å². The molecule has 0 radical (unpaired) electrons. The Morgan fingerprint density at radius 2 is 1.50 bits per heavy atom. The van der Waals surface area contributed by atoms with Gasteiger partial charge in [0.15, 0.2) is 5.78 Å². The number of unbranched alkanes of at least 4 members (excludes halogenated alkanes) is 10. The van der Waals surface area contributed by atoms with Gasteiger partial charge in [0, 0.05) is 13.0 Å². The molecule has 0 aliphatic heterocycles. The number of aliphatic hydroxyl groups is 2. The van der Waals surface area contributed by atoms with Gasteiger partial charge in [-0.3, -0.25) is 13.8 Å². The summed E-state index contributed by atoms with van der Waals surface area (Å²) in [6, 6.07) is 0. The van der Waals surface area contributed by atoms with Crippen LogP contribution in [0, 0.1) is 0 Å². The first-order valence-electron chi connectivity index (χ1n) is 10.5. The number of carbonyl (C=O) groups excluding carboxylic acids is 1. The summed E-state index contributed by atoms with van der Waals surface area (Å²) < 4.78 is 21.1. The molecule has 0 aliphatic carbocycles. The highest BCUT2D eigenvalue weighted by Crippen LogP contribution is 2.44. The van der Waals surface area contributed by atoms with Crippen LogP contribution in [0.1, 0.15) is 84.0 Å². The minimum atomic E-state index is -4.53. The summed E-state index contributed by atoms with van der Waals surface area (Å²) in [5.74, 6) is -0.334. The van der Waals surface area contributed by atoms with E-state index >= 15 is 0 Å². The molecule has 3 unspecified atom stereocenters. The second kappa shape index (κ2) is 17.5. The van der Waals surface area contributed by atoms with Gasteiger partial charge in [-0.1, -0.05) is 71.1 Å². The number of phosphoric ester groups is 1. The largest absolute Gasteiger partial charge is 0.473 e. The Hall–Kier alpha value is -0.340. The first kappa shape index (κ1) is 27.7. The number of aliphatic hydroxyl groups excluding tert-OH is 2. The second-order valence-electron chi connectivity index (χ2n) is 7.18. The van der Waals surface area contributed by atoms with Crippen molar-refractivity contribution >= 4 is 13.6 Å². The molecule has 0 saturated carbocycles. The molecule has 0 amide bonds. The average molecular weight is 426 g/mol. The summed E-state index contributed by atoms with van der Waals surface area (Å²) >= 11 is 0. The zero-order valence-corrected chi connectivity index (χ0v) is 18.2. The van der Waals surface area contributed by atoms with Gasteiger partial charge in [-0.05, 0) is 6.42 Å². The summed E-state index contributed by atoms with van der Waals surface area (Å²) in [7, 11) is -4.53. The van der Waals surface area contributed by atoms with E-state index in [2.05, 4.69) is 11.4 Å². The predicted octanol–water partition coefficient (Wildman–Crippen LogP) is 3.07. The zero-order valence-electron chi connectivity index (χ0n) is 17.3. The predicted molar refractivity (Wildman–Crippen MR) is 109 cm³/mol. The van der Waals surface area contributed by atoms with Crippen LogP contribution in [0.4, 0.5) is 0 Å². The quantitative estimate of drug-likeness (QED) is 0.172. The van der Waals surface area contributed by atoms with Crippen LogP contribution in [-0.4, -0.2) is 52.9 Å². The SMILES string of the molecule is CCCCCCCCCCCCCC(=O)C(CN)OP(=O)(O)OCC(O)CO. The third-order valence-electron chi connectivity index (χ3n) is 4.50. The number of ketones is 1. The molecule has 0 spiro atoms. The molecular formula is C19H40NO7P. The van der Waals surface area contributed by atoms with Crippen molar-refractivity contribution in [1.82, 2.24) is 0 Å². The van der Waals surface area contributed by atoms with Crippen molar-refractivity contribution in [3.8, 4) is 0 Å². The molecule has 0 aromatic carbocycles. The molecule has 0 aromatic heterocycles. The maximum atomic E-state index is 12.1. The average Bonchev–Trinajstić information content (AvgIpc) is 2.68. The summed E-state index contributed by atoms with van der Waals surface area (Å²) in [5.41, 5.74) is 5.47. The standard InChI is InChI=1S/C19H40NO7P/c1-2-3-4-5-6-7-8-9-10-11-12-13-18(23)19(14-20)27-28(24,25)26-16-17(22)15-21/h17,19,21-22H,2-16,20H2,1H3,(H,24,25). The van der Waals surface area contributed by atoms with Crippen molar-refractivity contribution < 1.29 is 33.5 Å². The Morgan fingerprint density at radius 3 is 1.96 bits per heavy atom. The molecule has 0 rings (SSSR count). The molecule has 9 heteroatoms. The summed E-state index contributed by atoms with van der Waals surface area (Å²) in [5, 5.41) is 17.8. The van der Waals surface area contributed by atoms with Gasteiger partial charge < -0.3 is 20.8 Å². The van der Waals surface area contributed by atoms with Crippen LogP contribution in [0.15, 0.2) is 0 Å². The highest BCUT2D eigenvalue weighted by molar-refractivity contribution is 7.47. The fourth-order valence-electron chi connectivity index (χ4n) is 2.78. The minimum absolute atomic E-state index is 0.229. The third-order valence-corrected chi connectivity index (χ3v) is 5.50. The van der Waals surface area contributed by atoms with Gasteiger partial charge in [-0.25, -0.2) is 4.57 Å². The molecule has 3 atom stereocenters. The first-order valence-corrected chi connectivity index (χ1v) is 12.0. The monoisotopic (exact) mass is 425 g/mol. The Bertz CT molecular complexity index is 437. The molecule has 5 N–H and O–H groups in total. The van der Waals surface area contributed by atoms with Gasteiger partial charge in [0.1, 0.15) is 12.2 Å². The van der Waals surface area contributed by atoms with Gasteiger partial charge in [-0.15, -0.1) is 0 Å². The highest BCUT2D eigenvalue weighted by Gasteiger charge is 2.30. The molecular weight excluding hydrogens is 385 g/mol. The van der Waals surface area contributed by atoms with E-state index in [0.29, 0.717) is 6.42 Å². The number of hydrogen-bond donors (Lipinski definition) is 4. The minimum Gasteiger partial charge on any atom is -0.394 e.